The Balaban J connectivity index is 0.00000496. The first-order valence-corrected chi connectivity index (χ1v) is 19.5. The Bertz CT molecular complexity index is 2770. The van der Waals surface area contributed by atoms with Gasteiger partial charge in [0.2, 0.25) is 0 Å². The molecule has 0 spiro atoms. The topological polar surface area (TPSA) is 63.8 Å². The van der Waals surface area contributed by atoms with Gasteiger partial charge in [-0.1, -0.05) is 108 Å². The number of rotatable bonds is 6. The normalized spacial score (nSPS) is 12.0. The van der Waals surface area contributed by atoms with Gasteiger partial charge < -0.3 is 5.11 Å². The molecule has 0 aliphatic rings. The summed E-state index contributed by atoms with van der Waals surface area (Å²) in [5.74, 6) is 1.14. The molecule has 0 aliphatic carbocycles. The molecule has 8 rings (SSSR count). The van der Waals surface area contributed by atoms with Crippen LogP contribution in [-0.4, -0.2) is 24.6 Å². The van der Waals surface area contributed by atoms with Crippen molar-refractivity contribution in [3.8, 4) is 56.3 Å². The number of aryl methyl sites for hydroxylation is 1. The molecule has 0 unspecified atom stereocenters. The summed E-state index contributed by atoms with van der Waals surface area (Å²) in [5, 5.41) is 12.6. The number of fused-ring (bicyclic) bond motifs is 2. The molecule has 0 aliphatic heterocycles. The van der Waals surface area contributed by atoms with Gasteiger partial charge in [0, 0.05) is 44.7 Å². The summed E-state index contributed by atoms with van der Waals surface area (Å²) < 4.78 is 2.22. The molecular formula is C51H49N4OPt-. The SMILES string of the molecule is Cc1ccnc(-c2cc(-c3[c-]c(-c4cc(C(C)C)cc5c4nc(-c4cc(C(C)(C)C)ccc4O)n5-c4ccc(C(C)(C)C)cc4)ccc3)c3ncccc3c2)c1.[Pt]. The van der Waals surface area contributed by atoms with Crippen molar-refractivity contribution < 1.29 is 26.2 Å². The number of aromatic nitrogens is 4. The molecule has 0 saturated carbocycles. The summed E-state index contributed by atoms with van der Waals surface area (Å²) in [6.07, 6.45) is 3.71. The summed E-state index contributed by atoms with van der Waals surface area (Å²) in [6.45, 7) is 19.8. The van der Waals surface area contributed by atoms with Gasteiger partial charge >= 0.3 is 0 Å². The summed E-state index contributed by atoms with van der Waals surface area (Å²) >= 11 is 0. The third-order valence-corrected chi connectivity index (χ3v) is 10.8. The third kappa shape index (κ3) is 7.70. The summed E-state index contributed by atoms with van der Waals surface area (Å²) in [6, 6.07) is 42.0. The van der Waals surface area contributed by atoms with Crippen LogP contribution in [0.15, 0.2) is 122 Å². The average molecular weight is 929 g/mol. The maximum atomic E-state index is 11.5. The minimum absolute atomic E-state index is 0. The molecule has 0 amide bonds. The van der Waals surface area contributed by atoms with Gasteiger partial charge in [0.25, 0.3) is 0 Å². The molecule has 290 valence electrons. The monoisotopic (exact) mass is 928 g/mol. The first-order chi connectivity index (χ1) is 26.7. The van der Waals surface area contributed by atoms with Gasteiger partial charge in [-0.05, 0) is 106 Å². The summed E-state index contributed by atoms with van der Waals surface area (Å²) in [4.78, 5) is 15.0. The minimum Gasteiger partial charge on any atom is -0.507 e. The predicted octanol–water partition coefficient (Wildman–Crippen LogP) is 13.2. The molecule has 6 heteroatoms. The van der Waals surface area contributed by atoms with E-state index in [1.807, 2.05) is 30.6 Å². The second kappa shape index (κ2) is 15.2. The molecule has 0 atom stereocenters. The Morgan fingerprint density at radius 2 is 1.33 bits per heavy atom. The first kappa shape index (κ1) is 39.8. The molecule has 0 radical (unpaired) electrons. The number of hydrogen-bond donors (Lipinski definition) is 1. The van der Waals surface area contributed by atoms with Crippen molar-refractivity contribution in [3.63, 3.8) is 0 Å². The Kier molecular flexibility index (Phi) is 10.6. The van der Waals surface area contributed by atoms with Crippen LogP contribution in [-0.2, 0) is 31.9 Å². The van der Waals surface area contributed by atoms with Crippen molar-refractivity contribution in [1.82, 2.24) is 19.5 Å². The maximum Gasteiger partial charge on any atom is 0.148 e. The number of phenols is 1. The van der Waals surface area contributed by atoms with Crippen molar-refractivity contribution >= 4 is 21.9 Å². The second-order valence-electron chi connectivity index (χ2n) is 17.4. The van der Waals surface area contributed by atoms with Crippen molar-refractivity contribution in [2.45, 2.75) is 79.1 Å². The van der Waals surface area contributed by atoms with Crippen LogP contribution in [0.3, 0.4) is 0 Å². The smallest absolute Gasteiger partial charge is 0.148 e. The molecule has 0 bridgehead atoms. The van der Waals surface area contributed by atoms with E-state index in [0.29, 0.717) is 11.4 Å². The fraction of sp³-hybridized carbons (Fsp3) is 0.235. The Labute approximate surface area is 351 Å². The number of imidazole rings is 1. The number of pyridine rings is 2. The zero-order valence-corrected chi connectivity index (χ0v) is 36.4. The fourth-order valence-electron chi connectivity index (χ4n) is 7.49. The predicted molar refractivity (Wildman–Crippen MR) is 233 cm³/mol. The molecule has 0 saturated heterocycles. The standard InChI is InChI=1S/C51H49N4O.Pt/c1-31(2)36-27-42(34-13-10-12-33(25-34)41-28-37(44-24-32(3)21-23-52-44)26-35-14-11-22-53-47(35)41)48-45(29-36)55(40-18-15-38(16-19-40)50(4,5)6)49(54-48)43-30-39(51(7,8)9)17-20-46(43)56;/h10-24,26-31,56H,1-9H3;/q-1;. The van der Waals surface area contributed by atoms with Crippen LogP contribution in [0.4, 0.5) is 0 Å². The molecule has 5 aromatic carbocycles. The Morgan fingerprint density at radius 3 is 2.00 bits per heavy atom. The number of aromatic hydroxyl groups is 1. The molecule has 3 heterocycles. The summed E-state index contributed by atoms with van der Waals surface area (Å²) in [5.41, 5.74) is 14.8. The van der Waals surface area contributed by atoms with E-state index in [1.54, 1.807) is 6.07 Å². The van der Waals surface area contributed by atoms with Crippen LogP contribution < -0.4 is 0 Å². The third-order valence-electron chi connectivity index (χ3n) is 10.8. The van der Waals surface area contributed by atoms with Crippen molar-refractivity contribution in [2.24, 2.45) is 0 Å². The van der Waals surface area contributed by atoms with Crippen molar-refractivity contribution in [3.05, 3.63) is 150 Å². The van der Waals surface area contributed by atoms with E-state index in [0.717, 1.165) is 72.3 Å². The van der Waals surface area contributed by atoms with Gasteiger partial charge in [-0.15, -0.1) is 35.4 Å². The number of hydrogen-bond acceptors (Lipinski definition) is 4. The van der Waals surface area contributed by atoms with Crippen molar-refractivity contribution in [1.29, 1.82) is 0 Å². The van der Waals surface area contributed by atoms with E-state index in [4.69, 9.17) is 15.0 Å². The Hall–Kier alpha value is -5.38. The van der Waals surface area contributed by atoms with E-state index in [-0.39, 0.29) is 43.6 Å². The number of phenolic OH excluding ortho intramolecular Hbond substituents is 1. The van der Waals surface area contributed by atoms with Gasteiger partial charge in [0.05, 0.1) is 22.3 Å². The van der Waals surface area contributed by atoms with Crippen LogP contribution in [0.25, 0.3) is 72.5 Å². The number of benzene rings is 5. The van der Waals surface area contributed by atoms with E-state index in [9.17, 15) is 5.11 Å². The molecule has 5 nitrogen and oxygen atoms in total. The average Bonchev–Trinajstić information content (AvgIpc) is 3.56. The van der Waals surface area contributed by atoms with Crippen LogP contribution in [0.2, 0.25) is 0 Å². The second-order valence-corrected chi connectivity index (χ2v) is 17.4. The molecular weight excluding hydrogens is 880 g/mol. The Morgan fingerprint density at radius 1 is 0.649 bits per heavy atom. The van der Waals surface area contributed by atoms with Gasteiger partial charge in [-0.3, -0.25) is 14.5 Å². The first-order valence-electron chi connectivity index (χ1n) is 19.5. The minimum atomic E-state index is -0.120. The molecule has 8 aromatic rings. The number of nitrogens with zero attached hydrogens (tertiary/aromatic N) is 4. The molecule has 1 N–H and O–H groups in total. The van der Waals surface area contributed by atoms with E-state index < -0.39 is 0 Å². The molecule has 57 heavy (non-hydrogen) atoms. The summed E-state index contributed by atoms with van der Waals surface area (Å²) in [7, 11) is 0. The zero-order chi connectivity index (χ0) is 39.5. The van der Waals surface area contributed by atoms with E-state index >= 15 is 0 Å². The molecule has 3 aromatic heterocycles. The van der Waals surface area contributed by atoms with Crippen LogP contribution in [0, 0.1) is 13.0 Å². The molecule has 0 fully saturated rings. The maximum absolute atomic E-state index is 11.5. The van der Waals surface area contributed by atoms with Gasteiger partial charge in [-0.25, -0.2) is 4.98 Å². The zero-order valence-electron chi connectivity index (χ0n) is 34.2. The van der Waals surface area contributed by atoms with Gasteiger partial charge in [0.15, 0.2) is 0 Å². The van der Waals surface area contributed by atoms with Crippen LogP contribution in [0.5, 0.6) is 5.75 Å². The van der Waals surface area contributed by atoms with Crippen molar-refractivity contribution in [2.75, 3.05) is 0 Å². The van der Waals surface area contributed by atoms with Gasteiger partial charge in [-0.2, -0.15) is 0 Å². The quantitative estimate of drug-likeness (QED) is 0.169. The fourth-order valence-corrected chi connectivity index (χ4v) is 7.49. The largest absolute Gasteiger partial charge is 0.507 e. The van der Waals surface area contributed by atoms with E-state index in [1.165, 1.54) is 11.1 Å². The van der Waals surface area contributed by atoms with Gasteiger partial charge in [0.1, 0.15) is 11.6 Å². The van der Waals surface area contributed by atoms with E-state index in [2.05, 4.69) is 158 Å². The van der Waals surface area contributed by atoms with Crippen LogP contribution >= 0.6 is 0 Å². The van der Waals surface area contributed by atoms with Crippen LogP contribution in [0.1, 0.15) is 83.6 Å².